The van der Waals surface area contributed by atoms with Crippen LogP contribution in [0.15, 0.2) is 22.7 Å². The molecule has 0 fully saturated rings. The quantitative estimate of drug-likeness (QED) is 0.659. The minimum Gasteiger partial charge on any atom is -0.508 e. The van der Waals surface area contributed by atoms with Crippen LogP contribution in [0.4, 0.5) is 0 Å². The molecule has 0 aliphatic rings. The number of aromatic hydroxyl groups is 1. The summed E-state index contributed by atoms with van der Waals surface area (Å²) in [5.74, 6) is -0.405. The lowest BCUT2D eigenvalue weighted by molar-refractivity contribution is -0.119. The topological polar surface area (TPSA) is 89.8 Å². The highest BCUT2D eigenvalue weighted by Crippen LogP contribution is 2.29. The van der Waals surface area contributed by atoms with Crippen molar-refractivity contribution in [2.24, 2.45) is 0 Å². The summed E-state index contributed by atoms with van der Waals surface area (Å²) < 4.78 is 0.677. The molecular weight excluding hydrogens is 290 g/mol. The van der Waals surface area contributed by atoms with Crippen LogP contribution in [-0.4, -0.2) is 33.9 Å². The van der Waals surface area contributed by atoms with E-state index in [0.717, 1.165) is 0 Å². The molecular formula is C11H14BrNO4. The van der Waals surface area contributed by atoms with Gasteiger partial charge in [0.25, 0.3) is 0 Å². The van der Waals surface area contributed by atoms with Gasteiger partial charge in [0.1, 0.15) is 18.0 Å². The highest BCUT2D eigenvalue weighted by atomic mass is 79.9. The molecule has 1 rings (SSSR count). The van der Waals surface area contributed by atoms with Crippen molar-refractivity contribution < 1.29 is 20.1 Å². The maximum atomic E-state index is 10.7. The van der Waals surface area contributed by atoms with E-state index in [9.17, 15) is 20.1 Å². The molecule has 6 heteroatoms. The number of nitrogens with one attached hydrogen (secondary N) is 1. The highest BCUT2D eigenvalue weighted by molar-refractivity contribution is 9.10. The molecule has 1 aromatic rings. The molecule has 0 heterocycles. The number of carbonyl (C=O) groups excluding carboxylic acids is 1. The molecule has 1 aromatic carbocycles. The number of carbonyl (C=O) groups is 1. The summed E-state index contributed by atoms with van der Waals surface area (Å²) in [5, 5.41) is 31.4. The van der Waals surface area contributed by atoms with E-state index in [0.29, 0.717) is 4.47 Å². The normalized spacial score (nSPS) is 14.1. The Morgan fingerprint density at radius 2 is 2.12 bits per heavy atom. The Hall–Kier alpha value is -1.11. The number of phenolic OH excluding ortho intramolecular Hbond substituents is 1. The highest BCUT2D eigenvalue weighted by Gasteiger charge is 2.21. The van der Waals surface area contributed by atoms with Gasteiger partial charge in [0.15, 0.2) is 0 Å². The zero-order valence-electron chi connectivity index (χ0n) is 9.22. The smallest absolute Gasteiger partial charge is 0.216 e. The third kappa shape index (κ3) is 3.99. The van der Waals surface area contributed by atoms with Gasteiger partial charge in [0.2, 0.25) is 5.91 Å². The van der Waals surface area contributed by atoms with E-state index < -0.39 is 12.2 Å². The fourth-order valence-electron chi connectivity index (χ4n) is 1.33. The Bertz CT molecular complexity index is 410. The molecule has 0 spiro atoms. The van der Waals surface area contributed by atoms with Gasteiger partial charge >= 0.3 is 0 Å². The third-order valence-electron chi connectivity index (χ3n) is 2.23. The fraction of sp³-hybridized carbons (Fsp3) is 0.364. The van der Waals surface area contributed by atoms with E-state index in [-0.39, 0.29) is 23.8 Å². The van der Waals surface area contributed by atoms with Crippen LogP contribution in [0.3, 0.4) is 0 Å². The Morgan fingerprint density at radius 1 is 1.47 bits per heavy atom. The average Bonchev–Trinajstić information content (AvgIpc) is 2.28. The van der Waals surface area contributed by atoms with Gasteiger partial charge in [-0.2, -0.15) is 0 Å². The van der Waals surface area contributed by atoms with Crippen LogP contribution in [0.5, 0.6) is 5.75 Å². The summed E-state index contributed by atoms with van der Waals surface area (Å²) in [6.45, 7) is 1.23. The third-order valence-corrected chi connectivity index (χ3v) is 2.73. The van der Waals surface area contributed by atoms with E-state index in [1.807, 2.05) is 0 Å². The molecule has 0 saturated carbocycles. The lowest BCUT2D eigenvalue weighted by atomic mass is 10.0. The standard InChI is InChI=1S/C11H14BrNO4/c1-6(14)13-5-10(16)11(17)8-4-7(12)2-3-9(8)15/h2-4,10-11,15-17H,5H2,1H3,(H,13,14). The van der Waals surface area contributed by atoms with Crippen molar-refractivity contribution in [3.05, 3.63) is 28.2 Å². The molecule has 17 heavy (non-hydrogen) atoms. The van der Waals surface area contributed by atoms with Crippen molar-refractivity contribution in [3.63, 3.8) is 0 Å². The monoisotopic (exact) mass is 303 g/mol. The molecule has 5 nitrogen and oxygen atoms in total. The number of hydrogen-bond acceptors (Lipinski definition) is 4. The Kier molecular flexibility index (Phi) is 4.92. The van der Waals surface area contributed by atoms with E-state index in [1.54, 1.807) is 6.07 Å². The van der Waals surface area contributed by atoms with Crippen molar-refractivity contribution in [1.82, 2.24) is 5.32 Å². The first-order valence-corrected chi connectivity index (χ1v) is 5.80. The van der Waals surface area contributed by atoms with Crippen LogP contribution in [-0.2, 0) is 4.79 Å². The maximum absolute atomic E-state index is 10.7. The number of rotatable bonds is 4. The average molecular weight is 304 g/mol. The Morgan fingerprint density at radius 3 is 2.71 bits per heavy atom. The first-order chi connectivity index (χ1) is 7.91. The van der Waals surface area contributed by atoms with Gasteiger partial charge in [-0.05, 0) is 18.2 Å². The molecule has 0 saturated heterocycles. The molecule has 0 aliphatic heterocycles. The van der Waals surface area contributed by atoms with Crippen molar-refractivity contribution in [2.45, 2.75) is 19.1 Å². The molecule has 2 atom stereocenters. The minimum atomic E-state index is -1.26. The molecule has 0 aliphatic carbocycles. The first-order valence-electron chi connectivity index (χ1n) is 5.00. The summed E-state index contributed by atoms with van der Waals surface area (Å²) in [7, 11) is 0. The predicted molar refractivity (Wildman–Crippen MR) is 65.5 cm³/mol. The van der Waals surface area contributed by atoms with Crippen LogP contribution in [0.1, 0.15) is 18.6 Å². The number of phenols is 1. The van der Waals surface area contributed by atoms with Crippen LogP contribution in [0.2, 0.25) is 0 Å². The van der Waals surface area contributed by atoms with E-state index in [2.05, 4.69) is 21.2 Å². The molecule has 4 N–H and O–H groups in total. The number of aliphatic hydroxyl groups excluding tert-OH is 2. The van der Waals surface area contributed by atoms with Crippen LogP contribution in [0, 0.1) is 0 Å². The molecule has 1 amide bonds. The lowest BCUT2D eigenvalue weighted by Gasteiger charge is -2.19. The SMILES string of the molecule is CC(=O)NCC(O)C(O)c1cc(Br)ccc1O. The zero-order chi connectivity index (χ0) is 13.0. The van der Waals surface area contributed by atoms with Crippen molar-refractivity contribution in [3.8, 4) is 5.75 Å². The van der Waals surface area contributed by atoms with Gasteiger partial charge in [0.05, 0.1) is 0 Å². The summed E-state index contributed by atoms with van der Waals surface area (Å²) in [6, 6.07) is 4.54. The number of aliphatic hydroxyl groups is 2. The van der Waals surface area contributed by atoms with Crippen LogP contribution >= 0.6 is 15.9 Å². The van der Waals surface area contributed by atoms with E-state index in [1.165, 1.54) is 19.1 Å². The minimum absolute atomic E-state index is 0.0809. The van der Waals surface area contributed by atoms with Gasteiger partial charge in [-0.3, -0.25) is 4.79 Å². The van der Waals surface area contributed by atoms with Crippen molar-refractivity contribution in [1.29, 1.82) is 0 Å². The number of amides is 1. The van der Waals surface area contributed by atoms with Crippen LogP contribution < -0.4 is 5.32 Å². The molecule has 94 valence electrons. The molecule has 0 bridgehead atoms. The second kappa shape index (κ2) is 6.00. The zero-order valence-corrected chi connectivity index (χ0v) is 10.8. The number of benzene rings is 1. The van der Waals surface area contributed by atoms with E-state index >= 15 is 0 Å². The Labute approximate surface area is 107 Å². The summed E-state index contributed by atoms with van der Waals surface area (Å²) in [4.78, 5) is 10.7. The predicted octanol–water partition coefficient (Wildman–Crippen LogP) is 0.685. The summed E-state index contributed by atoms with van der Waals surface area (Å²) >= 11 is 3.20. The largest absolute Gasteiger partial charge is 0.508 e. The van der Waals surface area contributed by atoms with Gasteiger partial charge in [0, 0.05) is 23.5 Å². The Balaban J connectivity index is 2.77. The van der Waals surface area contributed by atoms with Gasteiger partial charge in [-0.15, -0.1) is 0 Å². The number of hydrogen-bond donors (Lipinski definition) is 4. The molecule has 0 aromatic heterocycles. The number of halogens is 1. The fourth-order valence-corrected chi connectivity index (χ4v) is 1.71. The lowest BCUT2D eigenvalue weighted by Crippen LogP contribution is -2.34. The van der Waals surface area contributed by atoms with Crippen LogP contribution in [0.25, 0.3) is 0 Å². The molecule has 0 radical (unpaired) electrons. The molecule has 2 unspecified atom stereocenters. The summed E-state index contributed by atoms with van der Waals surface area (Å²) in [6.07, 6.45) is -2.45. The van der Waals surface area contributed by atoms with Crippen molar-refractivity contribution >= 4 is 21.8 Å². The maximum Gasteiger partial charge on any atom is 0.216 e. The summed E-state index contributed by atoms with van der Waals surface area (Å²) in [5.41, 5.74) is 0.206. The van der Waals surface area contributed by atoms with Crippen molar-refractivity contribution in [2.75, 3.05) is 6.54 Å². The second-order valence-electron chi connectivity index (χ2n) is 3.65. The first kappa shape index (κ1) is 14.0. The van der Waals surface area contributed by atoms with Gasteiger partial charge in [-0.1, -0.05) is 15.9 Å². The second-order valence-corrected chi connectivity index (χ2v) is 4.57. The van der Waals surface area contributed by atoms with E-state index in [4.69, 9.17) is 0 Å². The van der Waals surface area contributed by atoms with Gasteiger partial charge in [-0.25, -0.2) is 0 Å². The van der Waals surface area contributed by atoms with Gasteiger partial charge < -0.3 is 20.6 Å².